The van der Waals surface area contributed by atoms with E-state index in [0.29, 0.717) is 18.7 Å². The SMILES string of the molecule is N[C@@H]1CCN(C(=O)c2ccc(Cl)c(F)c2)C1. The molecule has 1 amide bonds. The van der Waals surface area contributed by atoms with Gasteiger partial charge in [-0.2, -0.15) is 0 Å². The Morgan fingerprint density at radius 1 is 1.56 bits per heavy atom. The molecule has 16 heavy (non-hydrogen) atoms. The van der Waals surface area contributed by atoms with Gasteiger partial charge in [0.1, 0.15) is 5.82 Å². The Balaban J connectivity index is 2.18. The summed E-state index contributed by atoms with van der Waals surface area (Å²) < 4.78 is 13.2. The fourth-order valence-corrected chi connectivity index (χ4v) is 1.90. The first-order chi connectivity index (χ1) is 7.58. The van der Waals surface area contributed by atoms with Crippen molar-refractivity contribution in [3.8, 4) is 0 Å². The van der Waals surface area contributed by atoms with Gasteiger partial charge in [0.25, 0.3) is 5.91 Å². The summed E-state index contributed by atoms with van der Waals surface area (Å²) >= 11 is 5.55. The second kappa shape index (κ2) is 4.39. The Kier molecular flexibility index (Phi) is 3.12. The molecule has 5 heteroatoms. The van der Waals surface area contributed by atoms with Crippen LogP contribution in [-0.2, 0) is 0 Å². The maximum absolute atomic E-state index is 13.2. The lowest BCUT2D eigenvalue weighted by Crippen LogP contribution is -2.31. The number of carbonyl (C=O) groups is 1. The molecule has 0 bridgehead atoms. The highest BCUT2D eigenvalue weighted by Gasteiger charge is 2.24. The zero-order valence-electron chi connectivity index (χ0n) is 8.62. The lowest BCUT2D eigenvalue weighted by molar-refractivity contribution is 0.0790. The molecule has 2 N–H and O–H groups in total. The van der Waals surface area contributed by atoms with Crippen LogP contribution in [0.5, 0.6) is 0 Å². The molecule has 1 heterocycles. The van der Waals surface area contributed by atoms with Crippen molar-refractivity contribution in [2.24, 2.45) is 5.73 Å². The number of amides is 1. The van der Waals surface area contributed by atoms with E-state index < -0.39 is 5.82 Å². The highest BCUT2D eigenvalue weighted by molar-refractivity contribution is 6.30. The van der Waals surface area contributed by atoms with Crippen molar-refractivity contribution >= 4 is 17.5 Å². The maximum Gasteiger partial charge on any atom is 0.254 e. The highest BCUT2D eigenvalue weighted by Crippen LogP contribution is 2.18. The molecule has 0 aliphatic carbocycles. The molecule has 86 valence electrons. The van der Waals surface area contributed by atoms with Gasteiger partial charge in [-0.25, -0.2) is 4.39 Å². The van der Waals surface area contributed by atoms with Crippen molar-refractivity contribution in [2.75, 3.05) is 13.1 Å². The van der Waals surface area contributed by atoms with Crippen molar-refractivity contribution in [3.63, 3.8) is 0 Å². The number of rotatable bonds is 1. The molecular weight excluding hydrogens is 231 g/mol. The van der Waals surface area contributed by atoms with Crippen LogP contribution >= 0.6 is 11.6 Å². The van der Waals surface area contributed by atoms with Gasteiger partial charge in [-0.15, -0.1) is 0 Å². The normalized spacial score (nSPS) is 20.2. The average Bonchev–Trinajstić information content (AvgIpc) is 2.68. The average molecular weight is 243 g/mol. The van der Waals surface area contributed by atoms with Crippen LogP contribution < -0.4 is 5.73 Å². The van der Waals surface area contributed by atoms with Crippen molar-refractivity contribution < 1.29 is 9.18 Å². The Hall–Kier alpha value is -1.13. The third kappa shape index (κ3) is 2.18. The van der Waals surface area contributed by atoms with Crippen molar-refractivity contribution in [1.82, 2.24) is 4.90 Å². The molecule has 1 aromatic carbocycles. The minimum atomic E-state index is -0.573. The van der Waals surface area contributed by atoms with E-state index in [9.17, 15) is 9.18 Å². The smallest absolute Gasteiger partial charge is 0.254 e. The van der Waals surface area contributed by atoms with E-state index in [0.717, 1.165) is 12.5 Å². The summed E-state index contributed by atoms with van der Waals surface area (Å²) in [6, 6.07) is 4.10. The van der Waals surface area contributed by atoms with Gasteiger partial charge in [-0.1, -0.05) is 11.6 Å². The number of halogens is 2. The van der Waals surface area contributed by atoms with Crippen molar-refractivity contribution in [3.05, 3.63) is 34.6 Å². The van der Waals surface area contributed by atoms with E-state index >= 15 is 0 Å². The van der Waals surface area contributed by atoms with Gasteiger partial charge in [0.05, 0.1) is 5.02 Å². The van der Waals surface area contributed by atoms with E-state index in [1.807, 2.05) is 0 Å². The fraction of sp³-hybridized carbons (Fsp3) is 0.364. The molecule has 0 unspecified atom stereocenters. The van der Waals surface area contributed by atoms with Gasteiger partial charge in [-0.3, -0.25) is 4.79 Å². The van der Waals surface area contributed by atoms with Gasteiger partial charge in [0.2, 0.25) is 0 Å². The zero-order valence-corrected chi connectivity index (χ0v) is 9.38. The minimum Gasteiger partial charge on any atom is -0.337 e. The number of nitrogens with two attached hydrogens (primary N) is 1. The molecule has 0 saturated carbocycles. The number of nitrogens with zero attached hydrogens (tertiary/aromatic N) is 1. The fourth-order valence-electron chi connectivity index (χ4n) is 1.78. The standard InChI is InChI=1S/C11H12ClFN2O/c12-9-2-1-7(5-10(9)13)11(16)15-4-3-8(14)6-15/h1-2,5,8H,3-4,6,14H2/t8-/m1/s1. The van der Waals surface area contributed by atoms with Gasteiger partial charge in [-0.05, 0) is 24.6 Å². The summed E-state index contributed by atoms with van der Waals surface area (Å²) in [6.45, 7) is 1.16. The molecule has 3 nitrogen and oxygen atoms in total. The van der Waals surface area contributed by atoms with E-state index in [1.54, 1.807) is 4.90 Å². The largest absolute Gasteiger partial charge is 0.337 e. The first-order valence-corrected chi connectivity index (χ1v) is 5.45. The lowest BCUT2D eigenvalue weighted by atomic mass is 10.2. The van der Waals surface area contributed by atoms with Crippen LogP contribution in [-0.4, -0.2) is 29.9 Å². The Labute approximate surface area is 98.0 Å². The zero-order chi connectivity index (χ0) is 11.7. The number of benzene rings is 1. The summed E-state index contributed by atoms with van der Waals surface area (Å²) in [5.74, 6) is -0.764. The van der Waals surface area contributed by atoms with E-state index in [1.165, 1.54) is 12.1 Å². The molecule has 0 radical (unpaired) electrons. The number of carbonyl (C=O) groups excluding carboxylic acids is 1. The lowest BCUT2D eigenvalue weighted by Gasteiger charge is -2.15. The summed E-state index contributed by atoms with van der Waals surface area (Å²) in [4.78, 5) is 13.5. The number of hydrogen-bond acceptors (Lipinski definition) is 2. The highest BCUT2D eigenvalue weighted by atomic mass is 35.5. The van der Waals surface area contributed by atoms with Gasteiger partial charge in [0.15, 0.2) is 0 Å². The second-order valence-electron chi connectivity index (χ2n) is 3.93. The Morgan fingerprint density at radius 3 is 2.88 bits per heavy atom. The molecule has 1 aliphatic heterocycles. The first-order valence-electron chi connectivity index (χ1n) is 5.08. The Morgan fingerprint density at radius 2 is 2.31 bits per heavy atom. The van der Waals surface area contributed by atoms with Crippen LogP contribution in [0.1, 0.15) is 16.8 Å². The quantitative estimate of drug-likeness (QED) is 0.814. The number of hydrogen-bond donors (Lipinski definition) is 1. The monoisotopic (exact) mass is 242 g/mol. The second-order valence-corrected chi connectivity index (χ2v) is 4.34. The molecule has 1 atom stereocenters. The molecule has 2 rings (SSSR count). The van der Waals surface area contributed by atoms with Crippen molar-refractivity contribution in [2.45, 2.75) is 12.5 Å². The molecule has 0 aromatic heterocycles. The molecular formula is C11H12ClFN2O. The number of likely N-dealkylation sites (tertiary alicyclic amines) is 1. The topological polar surface area (TPSA) is 46.3 Å². The molecule has 1 fully saturated rings. The van der Waals surface area contributed by atoms with Crippen LogP contribution in [0.4, 0.5) is 4.39 Å². The van der Waals surface area contributed by atoms with Crippen LogP contribution in [0.25, 0.3) is 0 Å². The molecule has 0 spiro atoms. The van der Waals surface area contributed by atoms with Crippen molar-refractivity contribution in [1.29, 1.82) is 0 Å². The maximum atomic E-state index is 13.2. The third-order valence-electron chi connectivity index (χ3n) is 2.68. The molecule has 1 aliphatic rings. The molecule has 1 saturated heterocycles. The van der Waals surface area contributed by atoms with Gasteiger partial charge >= 0.3 is 0 Å². The van der Waals surface area contributed by atoms with Crippen LogP contribution in [0.2, 0.25) is 5.02 Å². The summed E-state index contributed by atoms with van der Waals surface area (Å²) in [5.41, 5.74) is 6.02. The predicted molar refractivity (Wildman–Crippen MR) is 59.9 cm³/mol. The van der Waals surface area contributed by atoms with Gasteiger partial charge < -0.3 is 10.6 Å². The minimum absolute atomic E-state index is 0.0228. The van der Waals surface area contributed by atoms with Gasteiger partial charge in [0, 0.05) is 24.7 Å². The first kappa shape index (κ1) is 11.4. The summed E-state index contributed by atoms with van der Waals surface area (Å²) in [7, 11) is 0. The van der Waals surface area contributed by atoms with Crippen LogP contribution in [0, 0.1) is 5.82 Å². The van der Waals surface area contributed by atoms with E-state index in [4.69, 9.17) is 17.3 Å². The predicted octanol–water partition coefficient (Wildman–Crippen LogP) is 1.65. The Bertz CT molecular complexity index is 424. The van der Waals surface area contributed by atoms with E-state index in [2.05, 4.69) is 0 Å². The van der Waals surface area contributed by atoms with E-state index in [-0.39, 0.29) is 17.0 Å². The third-order valence-corrected chi connectivity index (χ3v) is 2.98. The van der Waals surface area contributed by atoms with Crippen LogP contribution in [0.15, 0.2) is 18.2 Å². The summed E-state index contributed by atoms with van der Waals surface area (Å²) in [5, 5.41) is 0.0228. The summed E-state index contributed by atoms with van der Waals surface area (Å²) in [6.07, 6.45) is 0.793. The molecule has 1 aromatic rings. The van der Waals surface area contributed by atoms with Crippen LogP contribution in [0.3, 0.4) is 0 Å².